The summed E-state index contributed by atoms with van der Waals surface area (Å²) in [5.41, 5.74) is -1.26. The number of benzene rings is 1. The molecule has 0 spiro atoms. The number of pyridine rings is 1. The molecule has 2 N–H and O–H groups in total. The number of carbonyl (C=O) groups excluding carboxylic acids is 1. The number of nitrogens with zero attached hydrogens (tertiary/aromatic N) is 6. The van der Waals surface area contributed by atoms with Crippen molar-refractivity contribution in [3.8, 4) is 23.0 Å². The van der Waals surface area contributed by atoms with Crippen molar-refractivity contribution in [1.29, 1.82) is 0 Å². The van der Waals surface area contributed by atoms with E-state index in [9.17, 15) is 35.2 Å². The molecular formula is C37H35F7N8O3S. The largest absolute Gasteiger partial charge is 0.435 e. The summed E-state index contributed by atoms with van der Waals surface area (Å²) in [7, 11) is 1.43. The Kier molecular flexibility index (Phi) is 9.80. The number of carbonyl (C=O) groups is 1. The fourth-order valence-corrected chi connectivity index (χ4v) is 8.01. The molecule has 19 heteroatoms. The number of nitrogens with one attached hydrogen (secondary N) is 2. The van der Waals surface area contributed by atoms with Gasteiger partial charge in [0.1, 0.15) is 29.9 Å². The van der Waals surface area contributed by atoms with E-state index < -0.39 is 81.4 Å². The van der Waals surface area contributed by atoms with E-state index in [1.54, 1.807) is 51.5 Å². The lowest BCUT2D eigenvalue weighted by molar-refractivity contribution is -0.142. The third-order valence-corrected chi connectivity index (χ3v) is 10.3. The van der Waals surface area contributed by atoms with Crippen LogP contribution in [0.15, 0.2) is 53.9 Å². The highest BCUT2D eigenvalue weighted by Gasteiger charge is 2.68. The van der Waals surface area contributed by atoms with E-state index >= 15 is 8.78 Å². The van der Waals surface area contributed by atoms with Crippen molar-refractivity contribution in [3.63, 3.8) is 0 Å². The first-order chi connectivity index (χ1) is 26.2. The monoisotopic (exact) mass is 804 g/mol. The lowest BCUT2D eigenvalue weighted by Crippen LogP contribution is -2.34. The number of allylic oxidation sites excluding steroid dienone is 3. The number of aryl methyl sites for hydroxylation is 1. The molecule has 11 nitrogen and oxygen atoms in total. The highest BCUT2D eigenvalue weighted by atomic mass is 32.2. The maximum atomic E-state index is 15.4. The van der Waals surface area contributed by atoms with Crippen LogP contribution in [0.4, 0.5) is 36.6 Å². The number of hydrogen-bond donors (Lipinski definition) is 2. The Bertz CT molecular complexity index is 2500. The Morgan fingerprint density at radius 3 is 2.57 bits per heavy atom. The first kappa shape index (κ1) is 39.0. The van der Waals surface area contributed by atoms with Gasteiger partial charge in [-0.2, -0.15) is 32.1 Å². The van der Waals surface area contributed by atoms with Crippen LogP contribution >= 0.6 is 0 Å². The molecule has 3 aromatic heterocycles. The van der Waals surface area contributed by atoms with E-state index in [1.807, 2.05) is 4.90 Å². The molecular weight excluding hydrogens is 770 g/mol. The summed E-state index contributed by atoms with van der Waals surface area (Å²) < 4.78 is 131. The van der Waals surface area contributed by atoms with E-state index in [0.717, 1.165) is 18.4 Å². The minimum Gasteiger partial charge on any atom is -0.346 e. The van der Waals surface area contributed by atoms with Crippen LogP contribution in [0, 0.1) is 17.8 Å². The van der Waals surface area contributed by atoms with Crippen LogP contribution < -0.4 is 10.0 Å². The molecule has 4 atom stereocenters. The van der Waals surface area contributed by atoms with Gasteiger partial charge in [-0.15, -0.1) is 0 Å². The van der Waals surface area contributed by atoms with E-state index in [1.165, 1.54) is 4.68 Å². The predicted octanol–water partition coefficient (Wildman–Crippen LogP) is 6.11. The third kappa shape index (κ3) is 7.63. The van der Waals surface area contributed by atoms with Crippen LogP contribution in [0.25, 0.3) is 22.0 Å². The van der Waals surface area contributed by atoms with Crippen LogP contribution in [-0.2, 0) is 40.5 Å². The summed E-state index contributed by atoms with van der Waals surface area (Å²) in [4.78, 5) is 20.5. The standard InChI is InChI=1S/C37H35F7N8O3S/c1-50(2)12-6-7-22-10-11-23(24-8-5-9-25-32(24)51(3)48-35(25)49-56(4,54)55)31(45-22)28(15-19-13-20(38)16-21(39)14-19)46-29(53)18-52-34-30(33(47-52)37(42,43)44)26-17-27(26)36(34,40)41/h5,8-11,13,16,21,26-28H,12,14-15,17-18H2,1-4H3,(H,46,53)(H,48,49)/t21?,26-,27+,28?/m0/s1. The Labute approximate surface area is 316 Å². The van der Waals surface area contributed by atoms with Gasteiger partial charge in [-0.3, -0.25) is 23.8 Å². The van der Waals surface area contributed by atoms with Crippen molar-refractivity contribution in [2.45, 2.75) is 56.0 Å². The average Bonchev–Trinajstić information content (AvgIpc) is 3.63. The lowest BCUT2D eigenvalue weighted by atomic mass is 9.91. The Hall–Kier alpha value is -5.22. The summed E-state index contributed by atoms with van der Waals surface area (Å²) >= 11 is 0. The minimum atomic E-state index is -5.05. The molecule has 1 saturated carbocycles. The SMILES string of the molecule is CN(C)CC#Cc1ccc(-c2cccc3c(NS(C)(=O)=O)nn(C)c23)c(C(CC2=CC(F)=CC(F)C2)NC(=O)Cn2nc(C(F)(F)F)c3c2C(F)(F)[C@@H]2C[C@H]32)n1. The second-order valence-electron chi connectivity index (χ2n) is 14.5. The zero-order valence-electron chi connectivity index (χ0n) is 30.3. The second-order valence-corrected chi connectivity index (χ2v) is 16.2. The number of sulfonamides is 1. The molecule has 1 amide bonds. The second kappa shape index (κ2) is 14.1. The van der Waals surface area contributed by atoms with Gasteiger partial charge in [-0.05, 0) is 69.1 Å². The quantitative estimate of drug-likeness (QED) is 0.146. The number of alkyl halides is 6. The van der Waals surface area contributed by atoms with Gasteiger partial charge < -0.3 is 5.32 Å². The molecule has 0 bridgehead atoms. The number of para-hydroxylation sites is 1. The molecule has 0 aliphatic heterocycles. The average molecular weight is 805 g/mol. The number of fused-ring (bicyclic) bond motifs is 4. The molecule has 4 aromatic rings. The molecule has 0 radical (unpaired) electrons. The van der Waals surface area contributed by atoms with Crippen molar-refractivity contribution >= 4 is 32.7 Å². The smallest absolute Gasteiger partial charge is 0.346 e. The zero-order valence-corrected chi connectivity index (χ0v) is 31.2. The molecule has 0 saturated heterocycles. The van der Waals surface area contributed by atoms with Crippen LogP contribution in [0.3, 0.4) is 0 Å². The van der Waals surface area contributed by atoms with E-state index in [0.29, 0.717) is 33.3 Å². The molecule has 1 aromatic carbocycles. The molecule has 296 valence electrons. The van der Waals surface area contributed by atoms with E-state index in [2.05, 4.69) is 32.1 Å². The maximum Gasteiger partial charge on any atom is 0.435 e. The number of amides is 1. The molecule has 56 heavy (non-hydrogen) atoms. The van der Waals surface area contributed by atoms with Gasteiger partial charge in [0.15, 0.2) is 11.5 Å². The fourth-order valence-electron chi connectivity index (χ4n) is 7.51. The number of rotatable bonds is 10. The van der Waals surface area contributed by atoms with Gasteiger partial charge in [-0.25, -0.2) is 22.2 Å². The summed E-state index contributed by atoms with van der Waals surface area (Å²) in [6.45, 7) is -0.682. The lowest BCUT2D eigenvalue weighted by Gasteiger charge is -2.25. The van der Waals surface area contributed by atoms with Gasteiger partial charge in [0.25, 0.3) is 5.92 Å². The van der Waals surface area contributed by atoms with Gasteiger partial charge in [0.05, 0.1) is 30.1 Å². The summed E-state index contributed by atoms with van der Waals surface area (Å²) in [5, 5.41) is 10.9. The van der Waals surface area contributed by atoms with Crippen LogP contribution in [0.1, 0.15) is 59.6 Å². The van der Waals surface area contributed by atoms with Gasteiger partial charge in [0, 0.05) is 41.5 Å². The molecule has 3 aliphatic rings. The number of halogens is 7. The topological polar surface area (TPSA) is 127 Å². The molecule has 2 unspecified atom stereocenters. The third-order valence-electron chi connectivity index (χ3n) is 9.74. The number of aromatic nitrogens is 5. The summed E-state index contributed by atoms with van der Waals surface area (Å²) in [6.07, 6.45) is -4.54. The highest BCUT2D eigenvalue weighted by Crippen LogP contribution is 2.68. The molecule has 7 rings (SSSR count). The first-order valence-electron chi connectivity index (χ1n) is 17.4. The van der Waals surface area contributed by atoms with Gasteiger partial charge in [0.2, 0.25) is 15.9 Å². The summed E-state index contributed by atoms with van der Waals surface area (Å²) in [6, 6.07) is 6.94. The van der Waals surface area contributed by atoms with Crippen molar-refractivity contribution in [1.82, 2.24) is 34.8 Å². The minimum absolute atomic E-state index is 0.0282. The van der Waals surface area contributed by atoms with Gasteiger partial charge >= 0.3 is 6.18 Å². The van der Waals surface area contributed by atoms with E-state index in [4.69, 9.17) is 4.98 Å². The normalized spacial score (nSPS) is 20.5. The Balaban J connectivity index is 1.35. The highest BCUT2D eigenvalue weighted by molar-refractivity contribution is 7.92. The molecule has 3 aliphatic carbocycles. The van der Waals surface area contributed by atoms with E-state index in [-0.39, 0.29) is 42.0 Å². The Morgan fingerprint density at radius 2 is 1.89 bits per heavy atom. The van der Waals surface area contributed by atoms with Crippen LogP contribution in [0.5, 0.6) is 0 Å². The van der Waals surface area contributed by atoms with Crippen LogP contribution in [0.2, 0.25) is 0 Å². The first-order valence-corrected chi connectivity index (χ1v) is 19.2. The van der Waals surface area contributed by atoms with Crippen LogP contribution in [-0.4, -0.2) is 76.8 Å². The molecule has 3 heterocycles. The number of hydrogen-bond acceptors (Lipinski definition) is 7. The van der Waals surface area contributed by atoms with Crippen molar-refractivity contribution < 1.29 is 43.9 Å². The van der Waals surface area contributed by atoms with Gasteiger partial charge in [-0.1, -0.05) is 23.6 Å². The number of anilines is 1. The van der Waals surface area contributed by atoms with Crippen molar-refractivity contribution in [3.05, 3.63) is 82.2 Å². The fraction of sp³-hybridized carbons (Fsp3) is 0.405. The zero-order chi connectivity index (χ0) is 40.5. The van der Waals surface area contributed by atoms with Crippen molar-refractivity contribution in [2.24, 2.45) is 13.0 Å². The summed E-state index contributed by atoms with van der Waals surface area (Å²) in [5.74, 6) is -1.94. The maximum absolute atomic E-state index is 15.4. The van der Waals surface area contributed by atoms with Crippen molar-refractivity contribution in [2.75, 3.05) is 31.6 Å². The molecule has 1 fully saturated rings. The Morgan fingerprint density at radius 1 is 1.14 bits per heavy atom. The predicted molar refractivity (Wildman–Crippen MR) is 192 cm³/mol.